The second kappa shape index (κ2) is 7.66. The van der Waals surface area contributed by atoms with Gasteiger partial charge in [0, 0.05) is 24.2 Å². The third-order valence-corrected chi connectivity index (χ3v) is 5.00. The first-order valence-corrected chi connectivity index (χ1v) is 9.52. The molecule has 0 atom stereocenters. The van der Waals surface area contributed by atoms with Gasteiger partial charge in [-0.15, -0.1) is 16.4 Å². The van der Waals surface area contributed by atoms with Crippen molar-refractivity contribution >= 4 is 22.4 Å². The van der Waals surface area contributed by atoms with Crippen LogP contribution in [0.15, 0.2) is 66.2 Å². The largest absolute Gasteiger partial charge is 0.479 e. The summed E-state index contributed by atoms with van der Waals surface area (Å²) in [7, 11) is 3.22. The summed E-state index contributed by atoms with van der Waals surface area (Å²) < 4.78 is 6.67. The number of methoxy groups -OCH3 is 1. The van der Waals surface area contributed by atoms with Crippen LogP contribution in [-0.4, -0.2) is 27.8 Å². The molecule has 28 heavy (non-hydrogen) atoms. The average Bonchev–Trinajstić information content (AvgIpc) is 3.35. The number of carbonyl (C=O) groups is 1. The van der Waals surface area contributed by atoms with Gasteiger partial charge in [-0.3, -0.25) is 14.8 Å². The lowest BCUT2D eigenvalue weighted by Gasteiger charge is -2.03. The Labute approximate surface area is 166 Å². The van der Waals surface area contributed by atoms with Gasteiger partial charge in [-0.1, -0.05) is 54.6 Å². The second-order valence-electron chi connectivity index (χ2n) is 6.16. The van der Waals surface area contributed by atoms with Gasteiger partial charge in [0.2, 0.25) is 5.88 Å². The van der Waals surface area contributed by atoms with Crippen LogP contribution in [0.5, 0.6) is 5.88 Å². The fourth-order valence-corrected chi connectivity index (χ4v) is 3.58. The van der Waals surface area contributed by atoms with E-state index in [0.29, 0.717) is 10.7 Å². The summed E-state index contributed by atoms with van der Waals surface area (Å²) in [5.41, 5.74) is 4.50. The number of anilines is 1. The number of nitrogens with zero attached hydrogens (tertiary/aromatic N) is 3. The maximum absolute atomic E-state index is 12.5. The first-order chi connectivity index (χ1) is 13.6. The van der Waals surface area contributed by atoms with Gasteiger partial charge in [0.25, 0.3) is 5.91 Å². The van der Waals surface area contributed by atoms with Crippen LogP contribution in [0.25, 0.3) is 22.4 Å². The van der Waals surface area contributed by atoms with Gasteiger partial charge < -0.3 is 4.74 Å². The molecule has 0 aliphatic carbocycles. The van der Waals surface area contributed by atoms with Gasteiger partial charge >= 0.3 is 0 Å². The van der Waals surface area contributed by atoms with E-state index in [2.05, 4.69) is 39.7 Å². The van der Waals surface area contributed by atoms with Crippen LogP contribution in [0.1, 0.15) is 10.4 Å². The summed E-state index contributed by atoms with van der Waals surface area (Å²) in [5, 5.41) is 9.35. The minimum atomic E-state index is -0.301. The normalized spacial score (nSPS) is 10.6. The van der Waals surface area contributed by atoms with Crippen molar-refractivity contribution in [1.29, 1.82) is 0 Å². The predicted molar refractivity (Wildman–Crippen MR) is 111 cm³/mol. The Bertz CT molecular complexity index is 1100. The zero-order valence-corrected chi connectivity index (χ0v) is 16.2. The molecular formula is C21H18N4O2S. The van der Waals surface area contributed by atoms with Crippen molar-refractivity contribution in [3.8, 4) is 28.3 Å². The molecule has 4 rings (SSSR count). The number of hydrogen-bond donors (Lipinski definition) is 1. The summed E-state index contributed by atoms with van der Waals surface area (Å²) in [6.07, 6.45) is 1.62. The number of carbonyl (C=O) groups excluding carboxylic acids is 1. The van der Waals surface area contributed by atoms with Crippen molar-refractivity contribution in [3.05, 3.63) is 71.7 Å². The number of hydrogen-bond acceptors (Lipinski definition) is 5. The van der Waals surface area contributed by atoms with E-state index >= 15 is 0 Å². The summed E-state index contributed by atoms with van der Waals surface area (Å²) >= 11 is 1.38. The van der Waals surface area contributed by atoms with Crippen molar-refractivity contribution in [2.75, 3.05) is 12.4 Å². The summed E-state index contributed by atoms with van der Waals surface area (Å²) in [6, 6.07) is 18.4. The minimum absolute atomic E-state index is 0.285. The van der Waals surface area contributed by atoms with Gasteiger partial charge in [-0.25, -0.2) is 4.98 Å². The van der Waals surface area contributed by atoms with E-state index in [9.17, 15) is 4.79 Å². The van der Waals surface area contributed by atoms with E-state index in [1.54, 1.807) is 13.2 Å². The molecule has 6 nitrogen and oxygen atoms in total. The molecule has 0 radical (unpaired) electrons. The third kappa shape index (κ3) is 3.65. The summed E-state index contributed by atoms with van der Waals surface area (Å²) in [6.45, 7) is 0. The van der Waals surface area contributed by atoms with Gasteiger partial charge in [0.1, 0.15) is 5.56 Å². The molecule has 0 saturated carbocycles. The zero-order valence-electron chi connectivity index (χ0n) is 15.4. The Morgan fingerprint density at radius 1 is 1.04 bits per heavy atom. The number of nitrogens with one attached hydrogen (secondary N) is 1. The maximum atomic E-state index is 12.5. The predicted octanol–water partition coefficient (Wildman–Crippen LogP) is 4.47. The van der Waals surface area contributed by atoms with E-state index in [1.165, 1.54) is 28.7 Å². The number of amides is 1. The number of thiazole rings is 1. The van der Waals surface area contributed by atoms with Crippen molar-refractivity contribution in [1.82, 2.24) is 14.8 Å². The molecule has 7 heteroatoms. The molecule has 2 aromatic carbocycles. The van der Waals surface area contributed by atoms with Crippen molar-refractivity contribution in [2.24, 2.45) is 7.05 Å². The number of aryl methyl sites for hydroxylation is 1. The van der Waals surface area contributed by atoms with Crippen molar-refractivity contribution in [3.63, 3.8) is 0 Å². The molecule has 0 aliphatic heterocycles. The molecule has 0 bridgehead atoms. The van der Waals surface area contributed by atoms with E-state index in [0.717, 1.165) is 16.8 Å². The molecule has 1 N–H and O–H groups in total. The van der Waals surface area contributed by atoms with Crippen molar-refractivity contribution in [2.45, 2.75) is 0 Å². The molecule has 0 unspecified atom stereocenters. The lowest BCUT2D eigenvalue weighted by Crippen LogP contribution is -2.12. The zero-order chi connectivity index (χ0) is 19.5. The van der Waals surface area contributed by atoms with Gasteiger partial charge in [-0.05, 0) is 11.1 Å². The Balaban J connectivity index is 1.50. The summed E-state index contributed by atoms with van der Waals surface area (Å²) in [5.74, 6) is -0.0152. The standard InChI is InChI=1S/C21H18N4O2S/c1-25-12-17(20(24-25)27-2)19(26)23-21-22-18(13-28-21)16-10-8-15(9-11-16)14-6-4-3-5-7-14/h3-13H,1-2H3,(H,22,23,26). The van der Waals surface area contributed by atoms with Gasteiger partial charge in [-0.2, -0.15) is 0 Å². The molecule has 0 aliphatic rings. The van der Waals surface area contributed by atoms with E-state index in [4.69, 9.17) is 4.74 Å². The Kier molecular flexibility index (Phi) is 4.90. The fourth-order valence-electron chi connectivity index (χ4n) is 2.87. The Hall–Kier alpha value is -3.45. The van der Waals surface area contributed by atoms with Crippen LogP contribution in [0, 0.1) is 0 Å². The van der Waals surface area contributed by atoms with Crippen LogP contribution >= 0.6 is 11.3 Å². The number of benzene rings is 2. The van der Waals surface area contributed by atoms with Gasteiger partial charge in [0.15, 0.2) is 5.13 Å². The van der Waals surface area contributed by atoms with Crippen LogP contribution in [0.4, 0.5) is 5.13 Å². The fraction of sp³-hybridized carbons (Fsp3) is 0.0952. The third-order valence-electron chi connectivity index (χ3n) is 4.25. The highest BCUT2D eigenvalue weighted by atomic mass is 32.1. The Morgan fingerprint density at radius 2 is 1.71 bits per heavy atom. The molecule has 4 aromatic rings. The minimum Gasteiger partial charge on any atom is -0.479 e. The lowest BCUT2D eigenvalue weighted by molar-refractivity contribution is 0.102. The monoisotopic (exact) mass is 390 g/mol. The maximum Gasteiger partial charge on any atom is 0.264 e. The molecule has 2 aromatic heterocycles. The average molecular weight is 390 g/mol. The van der Waals surface area contributed by atoms with Crippen molar-refractivity contribution < 1.29 is 9.53 Å². The van der Waals surface area contributed by atoms with E-state index < -0.39 is 0 Å². The Morgan fingerprint density at radius 3 is 2.43 bits per heavy atom. The molecule has 140 valence electrons. The van der Waals surface area contributed by atoms with E-state index in [1.807, 2.05) is 35.7 Å². The molecule has 1 amide bonds. The highest BCUT2D eigenvalue weighted by Crippen LogP contribution is 2.28. The molecule has 0 saturated heterocycles. The number of rotatable bonds is 5. The first-order valence-electron chi connectivity index (χ1n) is 8.64. The second-order valence-corrected chi connectivity index (χ2v) is 7.02. The van der Waals surface area contributed by atoms with Crippen LogP contribution in [0.2, 0.25) is 0 Å². The van der Waals surface area contributed by atoms with E-state index in [-0.39, 0.29) is 11.8 Å². The topological polar surface area (TPSA) is 69.0 Å². The number of aromatic nitrogens is 3. The smallest absolute Gasteiger partial charge is 0.264 e. The molecule has 0 spiro atoms. The summed E-state index contributed by atoms with van der Waals surface area (Å²) in [4.78, 5) is 17.0. The van der Waals surface area contributed by atoms with Crippen LogP contribution in [0.3, 0.4) is 0 Å². The quantitative estimate of drug-likeness (QED) is 0.546. The van der Waals surface area contributed by atoms with Crippen LogP contribution in [-0.2, 0) is 7.05 Å². The molecule has 2 heterocycles. The highest BCUT2D eigenvalue weighted by molar-refractivity contribution is 7.14. The molecule has 0 fully saturated rings. The highest BCUT2D eigenvalue weighted by Gasteiger charge is 2.18. The number of ether oxygens (including phenoxy) is 1. The SMILES string of the molecule is COc1nn(C)cc1C(=O)Nc1nc(-c2ccc(-c3ccccc3)cc2)cs1. The first kappa shape index (κ1) is 17.9. The molecular weight excluding hydrogens is 372 g/mol. The van der Waals surface area contributed by atoms with Gasteiger partial charge in [0.05, 0.1) is 12.8 Å². The van der Waals surface area contributed by atoms with Crippen LogP contribution < -0.4 is 10.1 Å². The lowest BCUT2D eigenvalue weighted by atomic mass is 10.0.